The molecule has 3 rings (SSSR count). The zero-order valence-electron chi connectivity index (χ0n) is 20.4. The molecule has 0 atom stereocenters. The van der Waals surface area contributed by atoms with Crippen LogP contribution in [0.5, 0.6) is 0 Å². The average molecular weight is 505 g/mol. The van der Waals surface area contributed by atoms with Crippen LogP contribution in [0.1, 0.15) is 38.3 Å². The van der Waals surface area contributed by atoms with Gasteiger partial charge in [0.05, 0.1) is 13.2 Å². The van der Waals surface area contributed by atoms with Gasteiger partial charge >= 0.3 is 5.97 Å². The molecule has 0 amide bonds. The third kappa shape index (κ3) is 5.96. The molecule has 0 aromatic heterocycles. The molecule has 0 fully saturated rings. The topological polar surface area (TPSA) is 86.7 Å². The Morgan fingerprint density at radius 1 is 0.833 bits per heavy atom. The molecule has 7 heteroatoms. The van der Waals surface area contributed by atoms with Crippen molar-refractivity contribution >= 4 is 35.0 Å². The van der Waals surface area contributed by atoms with Gasteiger partial charge in [0, 0.05) is 34.2 Å². The fourth-order valence-electron chi connectivity index (χ4n) is 3.99. The predicted molar refractivity (Wildman–Crippen MR) is 141 cm³/mol. The van der Waals surface area contributed by atoms with Crippen molar-refractivity contribution in [3.05, 3.63) is 108 Å². The molecular weight excluding hydrogens is 475 g/mol. The Balaban J connectivity index is 1.87. The van der Waals surface area contributed by atoms with E-state index in [1.807, 2.05) is 12.1 Å². The van der Waals surface area contributed by atoms with Crippen LogP contribution in [0, 0.1) is 13.8 Å². The lowest BCUT2D eigenvalue weighted by molar-refractivity contribution is -0.139. The highest BCUT2D eigenvalue weighted by Crippen LogP contribution is 2.47. The molecule has 0 saturated heterocycles. The summed E-state index contributed by atoms with van der Waals surface area (Å²) >= 11 is 0. The van der Waals surface area contributed by atoms with Crippen LogP contribution in [-0.2, 0) is 18.8 Å². The van der Waals surface area contributed by atoms with Crippen molar-refractivity contribution in [3.8, 4) is 0 Å². The highest BCUT2D eigenvalue weighted by atomic mass is 31.2. The average Bonchev–Trinajstić information content (AvgIpc) is 2.90. The number of benzene rings is 3. The third-order valence-corrected chi connectivity index (χ3v) is 8.68. The molecule has 3 aromatic carbocycles. The number of aryl methyl sites for hydroxylation is 1. The fourth-order valence-corrected chi connectivity index (χ4v) is 6.52. The van der Waals surface area contributed by atoms with Crippen LogP contribution in [0.2, 0.25) is 0 Å². The van der Waals surface area contributed by atoms with Gasteiger partial charge in [0.25, 0.3) is 0 Å². The number of esters is 1. The van der Waals surface area contributed by atoms with Gasteiger partial charge in [0.1, 0.15) is 6.61 Å². The van der Waals surface area contributed by atoms with Crippen molar-refractivity contribution in [2.45, 2.75) is 20.3 Å². The number of carbonyl (C=O) groups excluding carboxylic acids is 3. The molecule has 36 heavy (non-hydrogen) atoms. The summed E-state index contributed by atoms with van der Waals surface area (Å²) in [4.78, 5) is 38.1. The highest BCUT2D eigenvalue weighted by Gasteiger charge is 2.37. The highest BCUT2D eigenvalue weighted by molar-refractivity contribution is 7.93. The Morgan fingerprint density at radius 3 is 1.97 bits per heavy atom. The van der Waals surface area contributed by atoms with Crippen LogP contribution in [0.15, 0.2) is 85.5 Å². The molecule has 0 unspecified atom stereocenters. The normalized spacial score (nSPS) is 11.1. The number of carbonyl (C=O) groups is 3. The first-order valence-electron chi connectivity index (χ1n) is 11.6. The second kappa shape index (κ2) is 12.4. The van der Waals surface area contributed by atoms with Crippen LogP contribution in [0.25, 0.3) is 0 Å². The first-order valence-corrected chi connectivity index (χ1v) is 13.3. The lowest BCUT2D eigenvalue weighted by Crippen LogP contribution is -2.23. The van der Waals surface area contributed by atoms with Gasteiger partial charge in [-0.25, -0.2) is 4.79 Å². The molecule has 0 spiro atoms. The molecule has 6 nitrogen and oxygen atoms in total. The van der Waals surface area contributed by atoms with Crippen LogP contribution < -0.4 is 10.6 Å². The van der Waals surface area contributed by atoms with Crippen LogP contribution in [-0.4, -0.2) is 37.1 Å². The quantitative estimate of drug-likeness (QED) is 0.116. The Morgan fingerprint density at radius 2 is 1.42 bits per heavy atom. The molecule has 0 aliphatic heterocycles. The summed E-state index contributed by atoms with van der Waals surface area (Å²) in [5, 5.41) is 0.888. The first kappa shape index (κ1) is 27.0. The maximum Gasteiger partial charge on any atom is 0.330 e. The maximum atomic E-state index is 14.5. The largest absolute Gasteiger partial charge is 0.460 e. The molecule has 0 saturated carbocycles. The Kier molecular flexibility index (Phi) is 9.29. The summed E-state index contributed by atoms with van der Waals surface area (Å²) in [6.45, 7) is 7.18. The summed E-state index contributed by atoms with van der Waals surface area (Å²) < 4.78 is 24.7. The van der Waals surface area contributed by atoms with Crippen LogP contribution in [0.3, 0.4) is 0 Å². The van der Waals surface area contributed by atoms with Gasteiger partial charge in [0.2, 0.25) is 12.7 Å². The summed E-state index contributed by atoms with van der Waals surface area (Å²) in [6, 6.07) is 20.8. The van der Waals surface area contributed by atoms with Crippen molar-refractivity contribution in [2.75, 3.05) is 19.8 Å². The number of hydrogen-bond acceptors (Lipinski definition) is 6. The summed E-state index contributed by atoms with van der Waals surface area (Å²) in [6.07, 6.45) is 1.15. The maximum absolute atomic E-state index is 14.5. The van der Waals surface area contributed by atoms with Crippen molar-refractivity contribution in [1.29, 1.82) is 0 Å². The minimum absolute atomic E-state index is 0.0648. The van der Waals surface area contributed by atoms with Gasteiger partial charge in [-0.15, -0.1) is 0 Å². The second-order valence-electron chi connectivity index (χ2n) is 8.17. The lowest BCUT2D eigenvalue weighted by atomic mass is 9.94. The van der Waals surface area contributed by atoms with E-state index in [4.69, 9.17) is 9.47 Å². The molecule has 0 bridgehead atoms. The van der Waals surface area contributed by atoms with Crippen LogP contribution in [0.4, 0.5) is 0 Å². The molecule has 0 radical (unpaired) electrons. The van der Waals surface area contributed by atoms with E-state index in [2.05, 4.69) is 6.58 Å². The van der Waals surface area contributed by atoms with E-state index in [0.29, 0.717) is 21.7 Å². The molecule has 0 aliphatic rings. The molecule has 0 heterocycles. The van der Waals surface area contributed by atoms with Gasteiger partial charge in [-0.1, -0.05) is 79.4 Å². The Hall–Kier alpha value is -3.60. The van der Waals surface area contributed by atoms with E-state index < -0.39 is 18.6 Å². The molecule has 0 aliphatic carbocycles. The fraction of sp³-hybridized carbons (Fsp3) is 0.207. The lowest BCUT2D eigenvalue weighted by Gasteiger charge is -2.20. The summed E-state index contributed by atoms with van der Waals surface area (Å²) in [5.41, 5.74) is 1.40. The van der Waals surface area contributed by atoms with E-state index in [0.717, 1.165) is 11.6 Å². The Bertz CT molecular complexity index is 1250. The molecule has 0 N–H and O–H groups in total. The van der Waals surface area contributed by atoms with E-state index >= 15 is 0 Å². The predicted octanol–water partition coefficient (Wildman–Crippen LogP) is 4.78. The van der Waals surface area contributed by atoms with E-state index in [9.17, 15) is 18.9 Å². The van der Waals surface area contributed by atoms with Crippen molar-refractivity contribution in [2.24, 2.45) is 0 Å². The van der Waals surface area contributed by atoms with Gasteiger partial charge in [0.15, 0.2) is 5.78 Å². The van der Waals surface area contributed by atoms with Gasteiger partial charge in [-0.2, -0.15) is 0 Å². The van der Waals surface area contributed by atoms with E-state index in [-0.39, 0.29) is 37.6 Å². The van der Waals surface area contributed by atoms with Gasteiger partial charge in [-0.05, 0) is 25.0 Å². The molecular formula is C29H29O6P. The molecule has 186 valence electrons. The number of rotatable bonds is 12. The third-order valence-electron chi connectivity index (χ3n) is 5.82. The first-order chi connectivity index (χ1) is 17.3. The minimum Gasteiger partial charge on any atom is -0.460 e. The van der Waals surface area contributed by atoms with Crippen molar-refractivity contribution in [3.63, 3.8) is 0 Å². The summed E-state index contributed by atoms with van der Waals surface area (Å²) in [5.74, 6) is -0.720. The van der Waals surface area contributed by atoms with Crippen molar-refractivity contribution in [1.82, 2.24) is 0 Å². The van der Waals surface area contributed by atoms with Gasteiger partial charge < -0.3 is 14.0 Å². The number of ketones is 1. The zero-order valence-corrected chi connectivity index (χ0v) is 21.3. The van der Waals surface area contributed by atoms with E-state index in [1.54, 1.807) is 74.5 Å². The van der Waals surface area contributed by atoms with Gasteiger partial charge in [-0.3, -0.25) is 9.59 Å². The zero-order chi connectivity index (χ0) is 26.1. The molecule has 3 aromatic rings. The Labute approximate surface area is 211 Å². The SMILES string of the molecule is C=CC(=O)OCCOCCC(=O)c1c(C)ccc(C(=O)P(=O)(c2ccccc2)c2ccccc2)c1C. The number of ether oxygens (including phenoxy) is 2. The van der Waals surface area contributed by atoms with Crippen LogP contribution >= 0.6 is 7.14 Å². The number of hydrogen-bond donors (Lipinski definition) is 0. The number of Topliss-reactive ketones (excluding diaryl/α,β-unsaturated/α-hetero) is 1. The van der Waals surface area contributed by atoms with Crippen molar-refractivity contribution < 1.29 is 28.4 Å². The standard InChI is InChI=1S/C29H29O6P/c1-4-27(31)35-20-19-34-18-17-26(30)28-21(2)15-16-25(22(28)3)29(32)36(33,23-11-7-5-8-12-23)24-13-9-6-10-14-24/h4-16H,1,17-20H2,2-3H3. The monoisotopic (exact) mass is 504 g/mol. The minimum atomic E-state index is -3.70. The smallest absolute Gasteiger partial charge is 0.330 e. The summed E-state index contributed by atoms with van der Waals surface area (Å²) in [7, 11) is -3.70. The second-order valence-corrected chi connectivity index (χ2v) is 10.8. The van der Waals surface area contributed by atoms with E-state index in [1.165, 1.54) is 0 Å².